The van der Waals surface area contributed by atoms with E-state index in [2.05, 4.69) is 52.7 Å². The molecule has 0 aliphatic rings. The first-order chi connectivity index (χ1) is 12.4. The lowest BCUT2D eigenvalue weighted by atomic mass is 10.1. The average molecular weight is 355 g/mol. The number of H-pyrrole nitrogens is 1. The highest BCUT2D eigenvalue weighted by molar-refractivity contribution is 5.77. The third-order valence-electron chi connectivity index (χ3n) is 4.18. The fourth-order valence-corrected chi connectivity index (χ4v) is 2.80. The first-order valence-electron chi connectivity index (χ1n) is 8.96. The maximum Gasteiger partial charge on any atom is 0.258 e. The molecule has 138 valence electrons. The van der Waals surface area contributed by atoms with Gasteiger partial charge in [0.15, 0.2) is 5.82 Å². The van der Waals surface area contributed by atoms with Gasteiger partial charge in [-0.1, -0.05) is 31.1 Å². The van der Waals surface area contributed by atoms with E-state index < -0.39 is 0 Å². The van der Waals surface area contributed by atoms with Crippen molar-refractivity contribution in [1.29, 1.82) is 0 Å². The number of aromatic nitrogens is 4. The van der Waals surface area contributed by atoms with Gasteiger partial charge in [-0.15, -0.1) is 0 Å². The molecule has 0 radical (unpaired) electrons. The summed E-state index contributed by atoms with van der Waals surface area (Å²) in [6.07, 6.45) is 0.796. The molecule has 0 unspecified atom stereocenters. The molecule has 0 aliphatic heterocycles. The number of aromatic amines is 1. The summed E-state index contributed by atoms with van der Waals surface area (Å²) in [7, 11) is 0. The molecule has 3 rings (SSSR count). The lowest BCUT2D eigenvalue weighted by molar-refractivity contribution is 0.172. The fourth-order valence-electron chi connectivity index (χ4n) is 2.80. The Morgan fingerprint density at radius 2 is 1.88 bits per heavy atom. The van der Waals surface area contributed by atoms with Crippen molar-refractivity contribution in [3.8, 4) is 0 Å². The Bertz CT molecular complexity index is 929. The monoisotopic (exact) mass is 355 g/mol. The molecular formula is C19H25N5O2. The minimum absolute atomic E-state index is 0.119. The molecule has 2 aromatic heterocycles. The molecule has 0 atom stereocenters. The van der Waals surface area contributed by atoms with E-state index in [-0.39, 0.29) is 11.6 Å². The molecule has 2 heterocycles. The molecule has 7 nitrogen and oxygen atoms in total. The summed E-state index contributed by atoms with van der Waals surface area (Å²) in [5.74, 6) is 2.42. The van der Waals surface area contributed by atoms with Crippen LogP contribution in [0.4, 0.5) is 0 Å². The number of para-hydroxylation sites is 1. The predicted molar refractivity (Wildman–Crippen MR) is 99.6 cm³/mol. The van der Waals surface area contributed by atoms with Crippen LogP contribution in [-0.2, 0) is 19.5 Å². The van der Waals surface area contributed by atoms with Gasteiger partial charge in [-0.3, -0.25) is 9.69 Å². The number of fused-ring (bicyclic) bond motifs is 1. The van der Waals surface area contributed by atoms with E-state index in [0.29, 0.717) is 41.6 Å². The first-order valence-corrected chi connectivity index (χ1v) is 8.96. The average Bonchev–Trinajstić information content (AvgIpc) is 3.00. The van der Waals surface area contributed by atoms with Crippen molar-refractivity contribution in [2.45, 2.75) is 53.2 Å². The number of hydrogen-bond acceptors (Lipinski definition) is 6. The molecule has 0 aliphatic carbocycles. The molecule has 0 bridgehead atoms. The van der Waals surface area contributed by atoms with Crippen molar-refractivity contribution < 1.29 is 4.52 Å². The Balaban J connectivity index is 1.78. The normalized spacial score (nSPS) is 12.0. The molecule has 0 saturated carbocycles. The van der Waals surface area contributed by atoms with Crippen molar-refractivity contribution in [3.63, 3.8) is 0 Å². The van der Waals surface area contributed by atoms with E-state index in [1.807, 2.05) is 18.2 Å². The van der Waals surface area contributed by atoms with Crippen LogP contribution in [0.5, 0.6) is 0 Å². The van der Waals surface area contributed by atoms with Gasteiger partial charge in [0.1, 0.15) is 5.82 Å². The van der Waals surface area contributed by atoms with Crippen LogP contribution in [-0.4, -0.2) is 31.1 Å². The zero-order valence-electron chi connectivity index (χ0n) is 15.7. The molecule has 0 saturated heterocycles. The van der Waals surface area contributed by atoms with Crippen LogP contribution in [0.2, 0.25) is 0 Å². The lowest BCUT2D eigenvalue weighted by Crippen LogP contribution is -2.31. The second-order valence-corrected chi connectivity index (χ2v) is 7.23. The fraction of sp³-hybridized carbons (Fsp3) is 0.474. The molecule has 26 heavy (non-hydrogen) atoms. The number of hydrogen-bond donors (Lipinski definition) is 1. The highest BCUT2D eigenvalue weighted by atomic mass is 16.5. The number of rotatable bonds is 7. The smallest absolute Gasteiger partial charge is 0.258 e. The second kappa shape index (κ2) is 7.78. The summed E-state index contributed by atoms with van der Waals surface area (Å²) in [6, 6.07) is 7.58. The van der Waals surface area contributed by atoms with Crippen LogP contribution >= 0.6 is 0 Å². The van der Waals surface area contributed by atoms with E-state index in [9.17, 15) is 4.79 Å². The largest absolute Gasteiger partial charge is 0.338 e. The Morgan fingerprint density at radius 1 is 1.12 bits per heavy atom. The molecule has 0 fully saturated rings. The van der Waals surface area contributed by atoms with Crippen molar-refractivity contribution >= 4 is 10.9 Å². The Labute approximate surface area is 152 Å². The summed E-state index contributed by atoms with van der Waals surface area (Å²) >= 11 is 0. The summed E-state index contributed by atoms with van der Waals surface area (Å²) in [5, 5.41) is 4.64. The van der Waals surface area contributed by atoms with Gasteiger partial charge >= 0.3 is 0 Å². The Morgan fingerprint density at radius 3 is 2.62 bits per heavy atom. The van der Waals surface area contributed by atoms with Crippen LogP contribution < -0.4 is 5.56 Å². The maximum atomic E-state index is 12.3. The van der Waals surface area contributed by atoms with Crippen LogP contribution in [0, 0.1) is 5.92 Å². The minimum atomic E-state index is -0.119. The van der Waals surface area contributed by atoms with Crippen molar-refractivity contribution in [1.82, 2.24) is 25.0 Å². The summed E-state index contributed by atoms with van der Waals surface area (Å²) in [5.41, 5.74) is 0.582. The van der Waals surface area contributed by atoms with E-state index in [0.717, 1.165) is 12.2 Å². The third kappa shape index (κ3) is 4.35. The number of benzene rings is 1. The van der Waals surface area contributed by atoms with E-state index >= 15 is 0 Å². The molecule has 1 aromatic carbocycles. The van der Waals surface area contributed by atoms with Crippen LogP contribution in [0.15, 0.2) is 33.6 Å². The van der Waals surface area contributed by atoms with Gasteiger partial charge < -0.3 is 9.51 Å². The first kappa shape index (κ1) is 18.3. The van der Waals surface area contributed by atoms with E-state index in [4.69, 9.17) is 4.52 Å². The van der Waals surface area contributed by atoms with Gasteiger partial charge in [0.25, 0.3) is 5.56 Å². The SMILES string of the molecule is CC(C)Cc1noc(CN(Cc2nc3ccccc3c(=O)[nH]2)C(C)C)n1. The molecular weight excluding hydrogens is 330 g/mol. The topological polar surface area (TPSA) is 87.9 Å². The molecule has 0 amide bonds. The zero-order chi connectivity index (χ0) is 18.7. The van der Waals surface area contributed by atoms with E-state index in [1.54, 1.807) is 6.07 Å². The van der Waals surface area contributed by atoms with Gasteiger partial charge in [-0.2, -0.15) is 4.98 Å². The highest BCUT2D eigenvalue weighted by Crippen LogP contribution is 2.13. The second-order valence-electron chi connectivity index (χ2n) is 7.23. The standard InChI is InChI=1S/C19H25N5O2/c1-12(2)9-16-21-18(26-23-16)11-24(13(3)4)10-17-20-15-8-6-5-7-14(15)19(25)22-17/h5-8,12-13H,9-11H2,1-4H3,(H,20,22,25). The van der Waals surface area contributed by atoms with Crippen LogP contribution in [0.1, 0.15) is 45.2 Å². The maximum absolute atomic E-state index is 12.3. The predicted octanol–water partition coefficient (Wildman–Crippen LogP) is 2.92. The molecule has 3 aromatic rings. The lowest BCUT2D eigenvalue weighted by Gasteiger charge is -2.24. The Kier molecular flexibility index (Phi) is 5.46. The number of nitrogens with zero attached hydrogens (tertiary/aromatic N) is 4. The summed E-state index contributed by atoms with van der Waals surface area (Å²) in [4.78, 5) is 26.3. The van der Waals surface area contributed by atoms with Crippen molar-refractivity contribution in [2.24, 2.45) is 5.92 Å². The van der Waals surface area contributed by atoms with Gasteiger partial charge in [0.2, 0.25) is 5.89 Å². The van der Waals surface area contributed by atoms with Crippen molar-refractivity contribution in [3.05, 3.63) is 52.2 Å². The van der Waals surface area contributed by atoms with Gasteiger partial charge in [-0.05, 0) is 31.9 Å². The quantitative estimate of drug-likeness (QED) is 0.701. The van der Waals surface area contributed by atoms with Crippen LogP contribution in [0.3, 0.4) is 0 Å². The van der Waals surface area contributed by atoms with Gasteiger partial charge in [-0.25, -0.2) is 4.98 Å². The highest BCUT2D eigenvalue weighted by Gasteiger charge is 2.17. The number of nitrogens with one attached hydrogen (secondary N) is 1. The van der Waals surface area contributed by atoms with Gasteiger partial charge in [0.05, 0.1) is 24.0 Å². The van der Waals surface area contributed by atoms with E-state index in [1.165, 1.54) is 0 Å². The summed E-state index contributed by atoms with van der Waals surface area (Å²) < 4.78 is 5.38. The molecule has 1 N–H and O–H groups in total. The van der Waals surface area contributed by atoms with Gasteiger partial charge in [0, 0.05) is 12.5 Å². The molecule has 7 heteroatoms. The summed E-state index contributed by atoms with van der Waals surface area (Å²) in [6.45, 7) is 9.43. The zero-order valence-corrected chi connectivity index (χ0v) is 15.7. The van der Waals surface area contributed by atoms with Crippen molar-refractivity contribution in [2.75, 3.05) is 0 Å². The minimum Gasteiger partial charge on any atom is -0.338 e. The third-order valence-corrected chi connectivity index (χ3v) is 4.18. The Hall–Kier alpha value is -2.54. The van der Waals surface area contributed by atoms with Crippen LogP contribution in [0.25, 0.3) is 10.9 Å². The molecule has 0 spiro atoms.